The van der Waals surface area contributed by atoms with Crippen LogP contribution in [0.4, 0.5) is 0 Å². The summed E-state index contributed by atoms with van der Waals surface area (Å²) < 4.78 is 0. The van der Waals surface area contributed by atoms with Crippen LogP contribution in [0, 0.1) is 0 Å². The van der Waals surface area contributed by atoms with Crippen molar-refractivity contribution in [2.24, 2.45) is 0 Å². The third-order valence-corrected chi connectivity index (χ3v) is 1.46. The van der Waals surface area contributed by atoms with E-state index < -0.39 is 17.9 Å². The molecule has 0 aliphatic rings. The number of aliphatic carboxylic acids is 1. The van der Waals surface area contributed by atoms with E-state index in [1.165, 1.54) is 13.8 Å². The SMILES string of the molecule is CC(=O)CC[C@H](NC(C)=O)C(=O)O. The number of rotatable bonds is 5. The fraction of sp³-hybridized carbons (Fsp3) is 0.625. The van der Waals surface area contributed by atoms with E-state index in [1.54, 1.807) is 0 Å². The zero-order valence-corrected chi connectivity index (χ0v) is 7.66. The summed E-state index contributed by atoms with van der Waals surface area (Å²) in [5, 5.41) is 10.9. The second-order valence-corrected chi connectivity index (χ2v) is 2.83. The molecule has 0 rings (SSSR count). The van der Waals surface area contributed by atoms with Crippen LogP contribution in [0.25, 0.3) is 0 Å². The van der Waals surface area contributed by atoms with Crippen molar-refractivity contribution in [2.75, 3.05) is 0 Å². The van der Waals surface area contributed by atoms with Crippen LogP contribution in [-0.4, -0.2) is 28.8 Å². The maximum atomic E-state index is 10.6. The number of carboxylic acids is 1. The number of nitrogens with one attached hydrogen (secondary N) is 1. The monoisotopic (exact) mass is 187 g/mol. The largest absolute Gasteiger partial charge is 0.480 e. The van der Waals surface area contributed by atoms with E-state index in [0.29, 0.717) is 0 Å². The zero-order chi connectivity index (χ0) is 10.4. The Hall–Kier alpha value is -1.39. The van der Waals surface area contributed by atoms with Crippen LogP contribution >= 0.6 is 0 Å². The Morgan fingerprint density at radius 2 is 1.85 bits per heavy atom. The first kappa shape index (κ1) is 11.6. The van der Waals surface area contributed by atoms with Crippen LogP contribution in [0.5, 0.6) is 0 Å². The smallest absolute Gasteiger partial charge is 0.326 e. The third kappa shape index (κ3) is 5.84. The molecule has 74 valence electrons. The topological polar surface area (TPSA) is 83.5 Å². The lowest BCUT2D eigenvalue weighted by atomic mass is 10.1. The summed E-state index contributed by atoms with van der Waals surface area (Å²) in [6.07, 6.45) is 0.307. The van der Waals surface area contributed by atoms with Gasteiger partial charge in [-0.2, -0.15) is 0 Å². The Morgan fingerprint density at radius 1 is 1.31 bits per heavy atom. The molecule has 0 spiro atoms. The molecule has 0 bridgehead atoms. The molecule has 0 aromatic carbocycles. The molecule has 1 amide bonds. The van der Waals surface area contributed by atoms with Crippen LogP contribution in [0.3, 0.4) is 0 Å². The number of hydrogen-bond donors (Lipinski definition) is 2. The molecule has 1 atom stereocenters. The van der Waals surface area contributed by atoms with Crippen LogP contribution in [0.1, 0.15) is 26.7 Å². The highest BCUT2D eigenvalue weighted by atomic mass is 16.4. The van der Waals surface area contributed by atoms with Gasteiger partial charge in [-0.3, -0.25) is 4.79 Å². The fourth-order valence-electron chi connectivity index (χ4n) is 0.850. The Morgan fingerprint density at radius 3 is 2.15 bits per heavy atom. The minimum atomic E-state index is -1.11. The quantitative estimate of drug-likeness (QED) is 0.631. The average molecular weight is 187 g/mol. The maximum Gasteiger partial charge on any atom is 0.326 e. The predicted octanol–water partition coefficient (Wildman–Crippen LogP) is -0.0551. The molecule has 0 saturated heterocycles. The number of hydrogen-bond acceptors (Lipinski definition) is 3. The fourth-order valence-corrected chi connectivity index (χ4v) is 0.850. The standard InChI is InChI=1S/C8H13NO4/c1-5(10)3-4-7(8(12)13)9-6(2)11/h7H,3-4H2,1-2H3,(H,9,11)(H,12,13)/t7-/m0/s1. The molecule has 13 heavy (non-hydrogen) atoms. The summed E-state index contributed by atoms with van der Waals surface area (Å²) in [5.41, 5.74) is 0. The van der Waals surface area contributed by atoms with E-state index >= 15 is 0 Å². The highest BCUT2D eigenvalue weighted by Gasteiger charge is 2.18. The van der Waals surface area contributed by atoms with Crippen LogP contribution in [0.2, 0.25) is 0 Å². The number of carbonyl (C=O) groups is 3. The lowest BCUT2D eigenvalue weighted by Gasteiger charge is -2.11. The van der Waals surface area contributed by atoms with Gasteiger partial charge in [-0.15, -0.1) is 0 Å². The molecule has 0 saturated carbocycles. The van der Waals surface area contributed by atoms with Gasteiger partial charge in [0.1, 0.15) is 11.8 Å². The number of Topliss-reactive ketones (excluding diaryl/α,β-unsaturated/α-hetero) is 1. The van der Waals surface area contributed by atoms with Gasteiger partial charge in [-0.05, 0) is 13.3 Å². The summed E-state index contributed by atoms with van der Waals surface area (Å²) >= 11 is 0. The van der Waals surface area contributed by atoms with Gasteiger partial charge in [0.2, 0.25) is 5.91 Å². The van der Waals surface area contributed by atoms with Crippen molar-refractivity contribution in [3.8, 4) is 0 Å². The number of carboxylic acid groups (broad SMARTS) is 1. The van der Waals surface area contributed by atoms with Crippen molar-refractivity contribution in [2.45, 2.75) is 32.7 Å². The van der Waals surface area contributed by atoms with E-state index in [2.05, 4.69) is 5.32 Å². The van der Waals surface area contributed by atoms with E-state index in [1.807, 2.05) is 0 Å². The molecule has 0 aliphatic heterocycles. The summed E-state index contributed by atoms with van der Waals surface area (Å²) in [6, 6.07) is -0.957. The van der Waals surface area contributed by atoms with Crippen LogP contribution in [-0.2, 0) is 14.4 Å². The normalized spacial score (nSPS) is 11.8. The molecule has 0 fully saturated rings. The molecular weight excluding hydrogens is 174 g/mol. The van der Waals surface area contributed by atoms with Gasteiger partial charge in [0.25, 0.3) is 0 Å². The van der Waals surface area contributed by atoms with Gasteiger partial charge in [-0.1, -0.05) is 0 Å². The third-order valence-electron chi connectivity index (χ3n) is 1.46. The van der Waals surface area contributed by atoms with E-state index in [9.17, 15) is 14.4 Å². The van der Waals surface area contributed by atoms with E-state index in [4.69, 9.17) is 5.11 Å². The van der Waals surface area contributed by atoms with Gasteiger partial charge in [0.15, 0.2) is 0 Å². The minimum absolute atomic E-state index is 0.0865. The molecule has 0 unspecified atom stereocenters. The Bertz CT molecular complexity index is 224. The first-order valence-electron chi connectivity index (χ1n) is 3.93. The predicted molar refractivity (Wildman–Crippen MR) is 45.2 cm³/mol. The highest BCUT2D eigenvalue weighted by molar-refractivity contribution is 5.83. The van der Waals surface area contributed by atoms with Gasteiger partial charge in [-0.25, -0.2) is 4.79 Å². The molecule has 5 heteroatoms. The average Bonchev–Trinajstić information content (AvgIpc) is 1.96. The molecule has 0 aliphatic carbocycles. The molecule has 2 N–H and O–H groups in total. The lowest BCUT2D eigenvalue weighted by molar-refractivity contribution is -0.141. The summed E-state index contributed by atoms with van der Waals surface area (Å²) in [6.45, 7) is 2.62. The highest BCUT2D eigenvalue weighted by Crippen LogP contribution is 1.98. The van der Waals surface area contributed by atoms with E-state index in [0.717, 1.165) is 0 Å². The Kier molecular flexibility index (Phi) is 4.72. The van der Waals surface area contributed by atoms with Gasteiger partial charge < -0.3 is 15.2 Å². The Balaban J connectivity index is 4.02. The molecule has 0 heterocycles. The number of ketones is 1. The Labute approximate surface area is 76.1 Å². The van der Waals surface area contributed by atoms with E-state index in [-0.39, 0.29) is 18.6 Å². The van der Waals surface area contributed by atoms with Crippen molar-refractivity contribution in [3.05, 3.63) is 0 Å². The van der Waals surface area contributed by atoms with Crippen LogP contribution in [0.15, 0.2) is 0 Å². The van der Waals surface area contributed by atoms with Gasteiger partial charge in [0, 0.05) is 13.3 Å². The summed E-state index contributed by atoms with van der Waals surface area (Å²) in [7, 11) is 0. The molecule has 5 nitrogen and oxygen atoms in total. The zero-order valence-electron chi connectivity index (χ0n) is 7.66. The van der Waals surface area contributed by atoms with Crippen molar-refractivity contribution in [1.82, 2.24) is 5.32 Å². The van der Waals surface area contributed by atoms with Gasteiger partial charge in [0.05, 0.1) is 0 Å². The molecule has 0 radical (unpaired) electrons. The number of carbonyl (C=O) groups excluding carboxylic acids is 2. The molecule has 0 aromatic rings. The van der Waals surface area contributed by atoms with Crippen molar-refractivity contribution >= 4 is 17.7 Å². The lowest BCUT2D eigenvalue weighted by Crippen LogP contribution is -2.39. The minimum Gasteiger partial charge on any atom is -0.480 e. The summed E-state index contributed by atoms with van der Waals surface area (Å²) in [5.74, 6) is -1.61. The maximum absolute atomic E-state index is 10.6. The molecule has 0 aromatic heterocycles. The van der Waals surface area contributed by atoms with Crippen LogP contribution < -0.4 is 5.32 Å². The first-order valence-corrected chi connectivity index (χ1v) is 3.93. The molecular formula is C8H13NO4. The number of amides is 1. The first-order chi connectivity index (χ1) is 5.93. The van der Waals surface area contributed by atoms with Gasteiger partial charge >= 0.3 is 5.97 Å². The summed E-state index contributed by atoms with van der Waals surface area (Å²) in [4.78, 5) is 31.6. The van der Waals surface area contributed by atoms with Crippen molar-refractivity contribution in [3.63, 3.8) is 0 Å². The van der Waals surface area contributed by atoms with Crippen molar-refractivity contribution in [1.29, 1.82) is 0 Å². The second-order valence-electron chi connectivity index (χ2n) is 2.83. The van der Waals surface area contributed by atoms with Crippen molar-refractivity contribution < 1.29 is 19.5 Å². The second kappa shape index (κ2) is 5.29.